The second-order valence-electron chi connectivity index (χ2n) is 9.55. The summed E-state index contributed by atoms with van der Waals surface area (Å²) >= 11 is 6.19. The first-order valence-electron chi connectivity index (χ1n) is 13.4. The maximum atomic E-state index is 6.19. The standard InChI is InChI=1S/C30H33ClN4.C2H6/c1-22-3-6-24(7-4-22)30(25-8-10-26(31)11-9-25)35-19-17-34(18-20-35)16-15-33-28-13-14-32-29-21-23(2)5-12-27(28)29;1-2/h3-14,21,30H,15-20H2,1-2H3,(H,32,33);1-2H3. The van der Waals surface area contributed by atoms with Crippen molar-refractivity contribution < 1.29 is 0 Å². The average Bonchev–Trinajstić information content (AvgIpc) is 2.93. The van der Waals surface area contributed by atoms with E-state index in [4.69, 9.17) is 11.6 Å². The van der Waals surface area contributed by atoms with Gasteiger partial charge in [0.05, 0.1) is 11.6 Å². The van der Waals surface area contributed by atoms with E-state index < -0.39 is 0 Å². The highest BCUT2D eigenvalue weighted by molar-refractivity contribution is 6.30. The van der Waals surface area contributed by atoms with Gasteiger partial charge in [-0.25, -0.2) is 0 Å². The number of rotatable bonds is 7. The largest absolute Gasteiger partial charge is 0.383 e. The van der Waals surface area contributed by atoms with Crippen LogP contribution < -0.4 is 5.32 Å². The molecule has 5 heteroatoms. The molecule has 2 heterocycles. The summed E-state index contributed by atoms with van der Waals surface area (Å²) in [6.45, 7) is 14.4. The number of hydrogen-bond donors (Lipinski definition) is 1. The van der Waals surface area contributed by atoms with Gasteiger partial charge in [0.2, 0.25) is 0 Å². The fourth-order valence-electron chi connectivity index (χ4n) is 5.01. The lowest BCUT2D eigenvalue weighted by Gasteiger charge is -2.40. The van der Waals surface area contributed by atoms with E-state index in [1.807, 2.05) is 32.2 Å². The van der Waals surface area contributed by atoms with E-state index in [1.165, 1.54) is 27.6 Å². The molecule has 1 fully saturated rings. The molecular formula is C32H39ClN4. The Hall–Kier alpha value is -2.92. The van der Waals surface area contributed by atoms with Crippen LogP contribution in [0.5, 0.6) is 0 Å². The molecule has 1 aromatic heterocycles. The molecule has 0 saturated carbocycles. The summed E-state index contributed by atoms with van der Waals surface area (Å²) in [5, 5.41) is 5.61. The molecule has 1 atom stereocenters. The van der Waals surface area contributed by atoms with Crippen LogP contribution in [0.15, 0.2) is 79.0 Å². The van der Waals surface area contributed by atoms with Crippen LogP contribution in [0.1, 0.15) is 42.1 Å². The Kier molecular flexibility index (Phi) is 9.56. The van der Waals surface area contributed by atoms with Crippen LogP contribution in [0.25, 0.3) is 10.9 Å². The van der Waals surface area contributed by atoms with Gasteiger partial charge in [0.15, 0.2) is 0 Å². The van der Waals surface area contributed by atoms with E-state index in [9.17, 15) is 0 Å². The van der Waals surface area contributed by atoms with Gasteiger partial charge in [0.1, 0.15) is 0 Å². The van der Waals surface area contributed by atoms with Crippen molar-refractivity contribution in [1.82, 2.24) is 14.8 Å². The van der Waals surface area contributed by atoms with Gasteiger partial charge in [0.25, 0.3) is 0 Å². The number of pyridine rings is 1. The van der Waals surface area contributed by atoms with Crippen LogP contribution in [0.3, 0.4) is 0 Å². The topological polar surface area (TPSA) is 31.4 Å². The van der Waals surface area contributed by atoms with Gasteiger partial charge in [0, 0.05) is 61.6 Å². The molecule has 4 nitrogen and oxygen atoms in total. The quantitative estimate of drug-likeness (QED) is 0.279. The Morgan fingerprint density at radius 3 is 2.11 bits per heavy atom. The molecule has 1 aliphatic heterocycles. The lowest BCUT2D eigenvalue weighted by molar-refractivity contribution is 0.112. The Balaban J connectivity index is 0.00000156. The predicted octanol–water partition coefficient (Wildman–Crippen LogP) is 7.35. The second-order valence-corrected chi connectivity index (χ2v) is 9.98. The van der Waals surface area contributed by atoms with E-state index in [2.05, 4.69) is 94.6 Å². The molecule has 37 heavy (non-hydrogen) atoms. The molecule has 0 amide bonds. The summed E-state index contributed by atoms with van der Waals surface area (Å²) in [6, 6.07) is 26.1. The third-order valence-electron chi connectivity index (χ3n) is 6.99. The highest BCUT2D eigenvalue weighted by Crippen LogP contribution is 2.31. The number of hydrogen-bond acceptors (Lipinski definition) is 4. The third kappa shape index (κ3) is 6.89. The Labute approximate surface area is 227 Å². The summed E-state index contributed by atoms with van der Waals surface area (Å²) in [7, 11) is 0. The van der Waals surface area contributed by atoms with Crippen molar-refractivity contribution in [2.45, 2.75) is 33.7 Å². The Morgan fingerprint density at radius 2 is 1.43 bits per heavy atom. The molecule has 4 aromatic rings. The molecular weight excluding hydrogens is 476 g/mol. The first-order valence-corrected chi connectivity index (χ1v) is 13.8. The van der Waals surface area contributed by atoms with Crippen LogP contribution in [0, 0.1) is 13.8 Å². The smallest absolute Gasteiger partial charge is 0.0725 e. The van der Waals surface area contributed by atoms with E-state index >= 15 is 0 Å². The van der Waals surface area contributed by atoms with Crippen LogP contribution in [0.4, 0.5) is 5.69 Å². The van der Waals surface area contributed by atoms with Crippen molar-refractivity contribution in [3.8, 4) is 0 Å². The van der Waals surface area contributed by atoms with Crippen molar-refractivity contribution in [2.24, 2.45) is 0 Å². The molecule has 0 radical (unpaired) electrons. The zero-order chi connectivity index (χ0) is 26.2. The Morgan fingerprint density at radius 1 is 0.811 bits per heavy atom. The number of anilines is 1. The van der Waals surface area contributed by atoms with Gasteiger partial charge < -0.3 is 5.32 Å². The highest BCUT2D eigenvalue weighted by Gasteiger charge is 2.26. The van der Waals surface area contributed by atoms with Gasteiger partial charge >= 0.3 is 0 Å². The number of aryl methyl sites for hydroxylation is 2. The van der Waals surface area contributed by atoms with Crippen LogP contribution in [-0.2, 0) is 0 Å². The molecule has 3 aromatic carbocycles. The van der Waals surface area contributed by atoms with Gasteiger partial charge in [-0.05, 0) is 54.8 Å². The third-order valence-corrected chi connectivity index (χ3v) is 7.24. The number of nitrogens with one attached hydrogen (secondary N) is 1. The van der Waals surface area contributed by atoms with Crippen molar-refractivity contribution in [3.63, 3.8) is 0 Å². The van der Waals surface area contributed by atoms with Crippen molar-refractivity contribution in [1.29, 1.82) is 0 Å². The highest BCUT2D eigenvalue weighted by atomic mass is 35.5. The normalized spacial score (nSPS) is 15.2. The molecule has 5 rings (SSSR count). The summed E-state index contributed by atoms with van der Waals surface area (Å²) in [6.07, 6.45) is 1.89. The van der Waals surface area contributed by atoms with Crippen molar-refractivity contribution >= 4 is 28.2 Å². The number of aromatic nitrogens is 1. The second kappa shape index (κ2) is 13.0. The first-order chi connectivity index (χ1) is 18.1. The Bertz CT molecular complexity index is 1220. The maximum absolute atomic E-state index is 6.19. The molecule has 1 N–H and O–H groups in total. The van der Waals surface area contributed by atoms with E-state index in [1.54, 1.807) is 0 Å². The minimum atomic E-state index is 0.250. The summed E-state index contributed by atoms with van der Waals surface area (Å²) in [4.78, 5) is 9.69. The lowest BCUT2D eigenvalue weighted by Crippen LogP contribution is -2.48. The fraction of sp³-hybridized carbons (Fsp3) is 0.344. The zero-order valence-electron chi connectivity index (χ0n) is 22.5. The first kappa shape index (κ1) is 27.1. The molecule has 0 aliphatic carbocycles. The number of piperazine rings is 1. The number of nitrogens with zero attached hydrogens (tertiary/aromatic N) is 3. The molecule has 194 valence electrons. The van der Waals surface area contributed by atoms with Gasteiger partial charge in [-0.15, -0.1) is 0 Å². The van der Waals surface area contributed by atoms with E-state index in [0.29, 0.717) is 0 Å². The summed E-state index contributed by atoms with van der Waals surface area (Å²) < 4.78 is 0. The van der Waals surface area contributed by atoms with Crippen LogP contribution in [-0.4, -0.2) is 54.1 Å². The molecule has 0 spiro atoms. The van der Waals surface area contributed by atoms with Crippen LogP contribution >= 0.6 is 11.6 Å². The lowest BCUT2D eigenvalue weighted by atomic mass is 9.95. The van der Waals surface area contributed by atoms with E-state index in [0.717, 1.165) is 55.5 Å². The number of benzene rings is 3. The summed E-state index contributed by atoms with van der Waals surface area (Å²) in [5.74, 6) is 0. The molecule has 1 saturated heterocycles. The predicted molar refractivity (Wildman–Crippen MR) is 159 cm³/mol. The maximum Gasteiger partial charge on any atom is 0.0725 e. The van der Waals surface area contributed by atoms with Crippen LogP contribution in [0.2, 0.25) is 5.02 Å². The van der Waals surface area contributed by atoms with Gasteiger partial charge in [-0.2, -0.15) is 0 Å². The van der Waals surface area contributed by atoms with Gasteiger partial charge in [-0.3, -0.25) is 14.8 Å². The molecule has 1 aliphatic rings. The minimum Gasteiger partial charge on any atom is -0.383 e. The van der Waals surface area contributed by atoms with E-state index in [-0.39, 0.29) is 6.04 Å². The van der Waals surface area contributed by atoms with Crippen molar-refractivity contribution in [3.05, 3.63) is 106 Å². The molecule has 0 bridgehead atoms. The zero-order valence-corrected chi connectivity index (χ0v) is 23.3. The SMILES string of the molecule is CC.Cc1ccc(C(c2ccc(Cl)cc2)N2CCN(CCNc3ccnc4cc(C)ccc34)CC2)cc1. The monoisotopic (exact) mass is 514 g/mol. The fourth-order valence-corrected chi connectivity index (χ4v) is 5.14. The molecule has 1 unspecified atom stereocenters. The van der Waals surface area contributed by atoms with Crippen molar-refractivity contribution in [2.75, 3.05) is 44.6 Å². The average molecular weight is 515 g/mol. The number of halogens is 1. The minimum absolute atomic E-state index is 0.250. The van der Waals surface area contributed by atoms with Gasteiger partial charge in [-0.1, -0.05) is 79.5 Å². The number of fused-ring (bicyclic) bond motifs is 1. The summed E-state index contributed by atoms with van der Waals surface area (Å²) in [5.41, 5.74) is 7.38.